The number of nitrogens with one attached hydrogen (secondary N) is 1. The molecule has 0 aliphatic rings. The first-order valence-electron chi connectivity index (χ1n) is 8.53. The molecule has 1 N–H and O–H groups in total. The van der Waals surface area contributed by atoms with Gasteiger partial charge in [0.1, 0.15) is 5.15 Å². The Hall–Kier alpha value is -2.40. The summed E-state index contributed by atoms with van der Waals surface area (Å²) < 4.78 is 5.11. The average Bonchev–Trinajstić information content (AvgIpc) is 2.59. The van der Waals surface area contributed by atoms with E-state index >= 15 is 0 Å². The third kappa shape index (κ3) is 4.82. The summed E-state index contributed by atoms with van der Waals surface area (Å²) in [5.41, 5.74) is 3.34. The quantitative estimate of drug-likeness (QED) is 0.589. The van der Waals surface area contributed by atoms with E-state index in [1.807, 2.05) is 24.3 Å². The Labute approximate surface area is 158 Å². The fourth-order valence-electron chi connectivity index (χ4n) is 2.69. The van der Waals surface area contributed by atoms with Crippen LogP contribution in [0.15, 0.2) is 30.3 Å². The van der Waals surface area contributed by atoms with Crippen molar-refractivity contribution < 1.29 is 14.3 Å². The first-order valence-corrected chi connectivity index (χ1v) is 8.90. The van der Waals surface area contributed by atoms with Crippen molar-refractivity contribution in [1.29, 1.82) is 0 Å². The molecule has 0 aliphatic heterocycles. The molecule has 138 valence electrons. The third-order valence-electron chi connectivity index (χ3n) is 4.22. The van der Waals surface area contributed by atoms with Crippen LogP contribution >= 0.6 is 11.6 Å². The molecule has 0 saturated heterocycles. The van der Waals surface area contributed by atoms with Gasteiger partial charge >= 0.3 is 5.97 Å². The van der Waals surface area contributed by atoms with Gasteiger partial charge in [0.15, 0.2) is 6.61 Å². The molecule has 1 aromatic heterocycles. The van der Waals surface area contributed by atoms with Crippen molar-refractivity contribution in [2.24, 2.45) is 0 Å². The number of amides is 1. The number of hydrogen-bond acceptors (Lipinski definition) is 4. The molecule has 0 radical (unpaired) electrons. The average molecular weight is 375 g/mol. The highest BCUT2D eigenvalue weighted by molar-refractivity contribution is 6.32. The summed E-state index contributed by atoms with van der Waals surface area (Å²) in [5.74, 6) is -0.748. The van der Waals surface area contributed by atoms with E-state index in [2.05, 4.69) is 24.1 Å². The summed E-state index contributed by atoms with van der Waals surface area (Å²) in [6.07, 6.45) is 0.958. The fourth-order valence-corrected chi connectivity index (χ4v) is 3.05. The van der Waals surface area contributed by atoms with Crippen LogP contribution in [0.5, 0.6) is 0 Å². The van der Waals surface area contributed by atoms with Gasteiger partial charge in [-0.25, -0.2) is 9.78 Å². The SMILES string of the molecule is CC[C@H](C)c1ccccc1NC(=O)COC(=O)c1c(C)cc(C)nc1Cl. The standard InChI is InChI=1S/C20H23ClN2O3/c1-5-12(2)15-8-6-7-9-16(15)23-17(24)11-26-20(25)18-13(3)10-14(4)22-19(18)21/h6-10,12H,5,11H2,1-4H3,(H,23,24)/t12-/m0/s1. The molecule has 0 fully saturated rings. The number of aryl methyl sites for hydroxylation is 2. The number of carbonyl (C=O) groups is 2. The number of carbonyl (C=O) groups excluding carboxylic acids is 2. The number of aromatic nitrogens is 1. The van der Waals surface area contributed by atoms with Gasteiger partial charge in [-0.1, -0.05) is 43.6 Å². The van der Waals surface area contributed by atoms with E-state index < -0.39 is 18.5 Å². The van der Waals surface area contributed by atoms with Crippen molar-refractivity contribution in [3.8, 4) is 0 Å². The lowest BCUT2D eigenvalue weighted by atomic mass is 9.97. The van der Waals surface area contributed by atoms with E-state index in [4.69, 9.17) is 16.3 Å². The number of nitrogens with zero attached hydrogens (tertiary/aromatic N) is 1. The van der Waals surface area contributed by atoms with Crippen LogP contribution in [0.4, 0.5) is 5.69 Å². The van der Waals surface area contributed by atoms with Crippen molar-refractivity contribution in [1.82, 2.24) is 4.98 Å². The highest BCUT2D eigenvalue weighted by atomic mass is 35.5. The molecule has 0 bridgehead atoms. The normalized spacial score (nSPS) is 11.7. The Bertz CT molecular complexity index is 797. The molecule has 2 rings (SSSR count). The van der Waals surface area contributed by atoms with Crippen molar-refractivity contribution in [3.05, 3.63) is 57.9 Å². The molecule has 1 heterocycles. The van der Waals surface area contributed by atoms with Crippen LogP contribution in [0, 0.1) is 13.8 Å². The summed E-state index contributed by atoms with van der Waals surface area (Å²) >= 11 is 6.03. The minimum absolute atomic E-state index is 0.0787. The smallest absolute Gasteiger partial charge is 0.342 e. The van der Waals surface area contributed by atoms with E-state index in [1.54, 1.807) is 19.9 Å². The van der Waals surface area contributed by atoms with Crippen molar-refractivity contribution in [2.75, 3.05) is 11.9 Å². The van der Waals surface area contributed by atoms with E-state index in [0.717, 1.165) is 17.7 Å². The van der Waals surface area contributed by atoms with Gasteiger partial charge in [-0.3, -0.25) is 4.79 Å². The number of pyridine rings is 1. The van der Waals surface area contributed by atoms with Crippen LogP contribution in [0.2, 0.25) is 5.15 Å². The summed E-state index contributed by atoms with van der Waals surface area (Å²) in [6, 6.07) is 9.36. The minimum Gasteiger partial charge on any atom is -0.452 e. The lowest BCUT2D eigenvalue weighted by molar-refractivity contribution is -0.119. The Morgan fingerprint density at radius 3 is 2.62 bits per heavy atom. The molecule has 0 unspecified atom stereocenters. The van der Waals surface area contributed by atoms with Crippen LogP contribution in [-0.2, 0) is 9.53 Å². The van der Waals surface area contributed by atoms with Gasteiger partial charge < -0.3 is 10.1 Å². The van der Waals surface area contributed by atoms with Crippen LogP contribution in [0.3, 0.4) is 0 Å². The van der Waals surface area contributed by atoms with E-state index in [1.165, 1.54) is 0 Å². The van der Waals surface area contributed by atoms with Crippen molar-refractivity contribution in [3.63, 3.8) is 0 Å². The summed E-state index contributed by atoms with van der Waals surface area (Å²) in [6.45, 7) is 7.33. The summed E-state index contributed by atoms with van der Waals surface area (Å²) in [4.78, 5) is 28.5. The Kier molecular flexibility index (Phi) is 6.75. The van der Waals surface area contributed by atoms with E-state index in [0.29, 0.717) is 17.2 Å². The summed E-state index contributed by atoms with van der Waals surface area (Å²) in [7, 11) is 0. The van der Waals surface area contributed by atoms with Crippen LogP contribution in [-0.4, -0.2) is 23.5 Å². The Morgan fingerprint density at radius 2 is 1.96 bits per heavy atom. The number of halogens is 1. The second kappa shape index (κ2) is 8.81. The van der Waals surface area contributed by atoms with Gasteiger partial charge in [0.25, 0.3) is 5.91 Å². The second-order valence-electron chi connectivity index (χ2n) is 6.27. The van der Waals surface area contributed by atoms with E-state index in [9.17, 15) is 9.59 Å². The molecule has 2 aromatic rings. The molecule has 0 saturated carbocycles. The topological polar surface area (TPSA) is 68.3 Å². The number of rotatable bonds is 6. The third-order valence-corrected chi connectivity index (χ3v) is 4.49. The molecular formula is C20H23ClN2O3. The molecule has 1 amide bonds. The van der Waals surface area contributed by atoms with Gasteiger partial charge in [0.05, 0.1) is 5.56 Å². The maximum absolute atomic E-state index is 12.2. The number of para-hydroxylation sites is 1. The molecule has 0 aliphatic carbocycles. The van der Waals surface area contributed by atoms with Crippen LogP contribution in [0.25, 0.3) is 0 Å². The number of ether oxygens (including phenoxy) is 1. The van der Waals surface area contributed by atoms with Gasteiger partial charge in [-0.2, -0.15) is 0 Å². The van der Waals surface area contributed by atoms with E-state index in [-0.39, 0.29) is 10.7 Å². The Morgan fingerprint density at radius 1 is 1.27 bits per heavy atom. The minimum atomic E-state index is -0.662. The predicted molar refractivity (Wildman–Crippen MR) is 103 cm³/mol. The molecule has 6 heteroatoms. The zero-order valence-electron chi connectivity index (χ0n) is 15.4. The second-order valence-corrected chi connectivity index (χ2v) is 6.63. The highest BCUT2D eigenvalue weighted by Gasteiger charge is 2.18. The van der Waals surface area contributed by atoms with Crippen LogP contribution < -0.4 is 5.32 Å². The number of esters is 1. The number of anilines is 1. The van der Waals surface area contributed by atoms with Gasteiger partial charge in [-0.15, -0.1) is 0 Å². The largest absolute Gasteiger partial charge is 0.452 e. The number of benzene rings is 1. The molecule has 26 heavy (non-hydrogen) atoms. The highest BCUT2D eigenvalue weighted by Crippen LogP contribution is 2.26. The Balaban J connectivity index is 2.03. The first-order chi connectivity index (χ1) is 12.3. The zero-order valence-corrected chi connectivity index (χ0v) is 16.2. The lowest BCUT2D eigenvalue weighted by Crippen LogP contribution is -2.22. The van der Waals surface area contributed by atoms with Gasteiger partial charge in [-0.05, 0) is 49.4 Å². The van der Waals surface area contributed by atoms with Gasteiger partial charge in [0, 0.05) is 11.4 Å². The van der Waals surface area contributed by atoms with Gasteiger partial charge in [0.2, 0.25) is 0 Å². The maximum Gasteiger partial charge on any atom is 0.342 e. The predicted octanol–water partition coefficient (Wildman–Crippen LogP) is 4.66. The molecular weight excluding hydrogens is 352 g/mol. The number of hydrogen-bond donors (Lipinski definition) is 1. The zero-order chi connectivity index (χ0) is 19.3. The monoisotopic (exact) mass is 374 g/mol. The van der Waals surface area contributed by atoms with Crippen molar-refractivity contribution >= 4 is 29.2 Å². The fraction of sp³-hybridized carbons (Fsp3) is 0.350. The molecule has 0 spiro atoms. The van der Waals surface area contributed by atoms with Crippen LogP contribution in [0.1, 0.15) is 53.4 Å². The molecule has 1 aromatic carbocycles. The molecule has 1 atom stereocenters. The molecule has 5 nitrogen and oxygen atoms in total. The maximum atomic E-state index is 12.2. The van der Waals surface area contributed by atoms with Crippen molar-refractivity contribution in [2.45, 2.75) is 40.0 Å². The first kappa shape index (κ1) is 19.9. The lowest BCUT2D eigenvalue weighted by Gasteiger charge is -2.15. The summed E-state index contributed by atoms with van der Waals surface area (Å²) in [5, 5.41) is 2.88.